The van der Waals surface area contributed by atoms with Gasteiger partial charge in [0.15, 0.2) is 0 Å². The van der Waals surface area contributed by atoms with Crippen LogP contribution in [0.1, 0.15) is 65.2 Å². The summed E-state index contributed by atoms with van der Waals surface area (Å²) in [7, 11) is 0. The Balaban J connectivity index is 0.00000199. The number of aromatic nitrogens is 2. The Kier molecular flexibility index (Phi) is 10.5. The van der Waals surface area contributed by atoms with Crippen molar-refractivity contribution in [3.63, 3.8) is 0 Å². The Labute approximate surface area is 207 Å². The number of hydrogen-bond donors (Lipinski definition) is 1. The molecule has 1 atom stereocenters. The van der Waals surface area contributed by atoms with Crippen molar-refractivity contribution >= 4 is 27.7 Å². The minimum atomic E-state index is -0.544. The number of amidine groups is 1. The van der Waals surface area contributed by atoms with E-state index in [0.717, 1.165) is 27.5 Å². The topological polar surface area (TPSA) is 93.0 Å². The van der Waals surface area contributed by atoms with Crippen LogP contribution in [0.2, 0.25) is 0 Å². The molecule has 1 unspecified atom stereocenters. The molecule has 0 spiro atoms. The van der Waals surface area contributed by atoms with E-state index in [0.29, 0.717) is 37.2 Å². The number of nitrogens with one attached hydrogen (secondary N) is 1. The molecule has 182 valence electrons. The summed E-state index contributed by atoms with van der Waals surface area (Å²) in [6, 6.07) is 3.77. The lowest BCUT2D eigenvalue weighted by Gasteiger charge is -2.24. The fourth-order valence-electron chi connectivity index (χ4n) is 3.60. The normalized spacial score (nSPS) is 15.7. The molecule has 1 N–H and O–H groups in total. The zero-order chi connectivity index (χ0) is 25.1. The number of nitriles is 2. The van der Waals surface area contributed by atoms with Gasteiger partial charge in [-0.05, 0) is 38.8 Å². The number of allylic oxidation sites excluding steroid dienone is 1. The number of alkyl halides is 1. The van der Waals surface area contributed by atoms with E-state index in [1.54, 1.807) is 16.3 Å². The minimum Gasteiger partial charge on any atom is -0.363 e. The van der Waals surface area contributed by atoms with Crippen LogP contribution in [0.25, 0.3) is 5.57 Å². The average Bonchev–Trinajstić information content (AvgIpc) is 3.62. The monoisotopic (exact) mass is 483 g/mol. The van der Waals surface area contributed by atoms with Crippen molar-refractivity contribution in [2.45, 2.75) is 47.1 Å². The van der Waals surface area contributed by atoms with Crippen molar-refractivity contribution in [2.75, 3.05) is 31.2 Å². The smallest absolute Gasteiger partial charge is 0.132 e. The predicted molar refractivity (Wildman–Crippen MR) is 140 cm³/mol. The Morgan fingerprint density at radius 3 is 2.74 bits per heavy atom. The van der Waals surface area contributed by atoms with E-state index in [9.17, 15) is 14.9 Å². The lowest BCUT2D eigenvalue weighted by atomic mass is 10.0. The zero-order valence-electron chi connectivity index (χ0n) is 20.5. The van der Waals surface area contributed by atoms with Gasteiger partial charge in [-0.2, -0.15) is 15.6 Å². The first-order chi connectivity index (χ1) is 16.6. The molecule has 1 aliphatic rings. The van der Waals surface area contributed by atoms with Gasteiger partial charge >= 0.3 is 0 Å². The third-order valence-electron chi connectivity index (χ3n) is 5.44. The number of rotatable bonds is 9. The molecule has 0 bridgehead atoms. The summed E-state index contributed by atoms with van der Waals surface area (Å²) >= 11 is 1.37. The molecule has 7 nitrogen and oxygen atoms in total. The fraction of sp³-hybridized carbons (Fsp3) is 0.440. The average molecular weight is 484 g/mol. The van der Waals surface area contributed by atoms with Crippen LogP contribution in [0.15, 0.2) is 40.6 Å². The van der Waals surface area contributed by atoms with E-state index in [1.807, 2.05) is 58.0 Å². The van der Waals surface area contributed by atoms with Crippen LogP contribution in [0.5, 0.6) is 0 Å². The quantitative estimate of drug-likeness (QED) is 0.494. The summed E-state index contributed by atoms with van der Waals surface area (Å²) < 4.78 is 15.6. The third-order valence-corrected chi connectivity index (χ3v) is 6.48. The first kappa shape index (κ1) is 26.8. The maximum absolute atomic E-state index is 14.0. The zero-order valence-corrected chi connectivity index (χ0v) is 21.3. The lowest BCUT2D eigenvalue weighted by Crippen LogP contribution is -2.27. The van der Waals surface area contributed by atoms with Crippen LogP contribution in [-0.2, 0) is 0 Å². The van der Waals surface area contributed by atoms with Gasteiger partial charge in [-0.1, -0.05) is 13.8 Å². The molecule has 0 aromatic carbocycles. The van der Waals surface area contributed by atoms with Crippen LogP contribution >= 0.6 is 11.3 Å². The van der Waals surface area contributed by atoms with Crippen LogP contribution in [0.4, 0.5) is 9.39 Å². The first-order valence-electron chi connectivity index (χ1n) is 11.5. The molecule has 34 heavy (non-hydrogen) atoms. The summed E-state index contributed by atoms with van der Waals surface area (Å²) in [6.07, 6.45) is 7.99. The van der Waals surface area contributed by atoms with Gasteiger partial charge in [0.2, 0.25) is 0 Å². The molecule has 0 saturated heterocycles. The standard InChI is InChI=1S/C23H26FN7S.C2H6.H2/c1-4-27-22-20(6-8-28-22)16(3)18-13-29-31(14-18)19(10-24)7-9-30(5-2)23-21(12-26)17(11-25)15-32-23;1-2;/h6,8,13-15,19H,4-5,7,9-10H2,1-3H3,(H,27,28);1-2H3;1H/b20-16+;;. The fourth-order valence-corrected chi connectivity index (χ4v) is 4.64. The largest absolute Gasteiger partial charge is 0.363 e. The van der Waals surface area contributed by atoms with Gasteiger partial charge in [0, 0.05) is 50.0 Å². The Hall–Kier alpha value is -3.43. The van der Waals surface area contributed by atoms with Gasteiger partial charge < -0.3 is 10.2 Å². The molecule has 2 aromatic rings. The SMILES string of the molecule is CC.CCN=C1NC=C/C1=C(/C)c1cnn(C(CF)CCN(CC)c2scc(C#N)c2C#N)c1.[HH]. The summed E-state index contributed by atoms with van der Waals surface area (Å²) in [6.45, 7) is 11.3. The molecular formula is C25H34FN7S. The molecule has 0 saturated carbocycles. The molecule has 1 aliphatic heterocycles. The summed E-state index contributed by atoms with van der Waals surface area (Å²) in [4.78, 5) is 6.49. The molecule has 0 amide bonds. The first-order valence-corrected chi connectivity index (χ1v) is 12.4. The van der Waals surface area contributed by atoms with Crippen LogP contribution in [-0.4, -0.2) is 41.9 Å². The number of nitrogens with zero attached hydrogens (tertiary/aromatic N) is 6. The van der Waals surface area contributed by atoms with Gasteiger partial charge in [0.25, 0.3) is 0 Å². The van der Waals surface area contributed by atoms with Crippen molar-refractivity contribution in [2.24, 2.45) is 4.99 Å². The second-order valence-electron chi connectivity index (χ2n) is 7.28. The Bertz CT molecular complexity index is 1130. The molecule has 3 heterocycles. The van der Waals surface area contributed by atoms with E-state index >= 15 is 0 Å². The van der Waals surface area contributed by atoms with E-state index in [4.69, 9.17) is 0 Å². The van der Waals surface area contributed by atoms with Gasteiger partial charge in [-0.3, -0.25) is 9.67 Å². The van der Waals surface area contributed by atoms with Crippen molar-refractivity contribution in [1.29, 1.82) is 10.5 Å². The highest BCUT2D eigenvalue weighted by atomic mass is 32.1. The highest BCUT2D eigenvalue weighted by molar-refractivity contribution is 7.14. The maximum atomic E-state index is 14.0. The molecule has 9 heteroatoms. The molecule has 2 aromatic heterocycles. The molecule has 0 radical (unpaired) electrons. The highest BCUT2D eigenvalue weighted by Gasteiger charge is 2.20. The van der Waals surface area contributed by atoms with Crippen molar-refractivity contribution in [3.8, 4) is 12.1 Å². The molecular weight excluding hydrogens is 449 g/mol. The highest BCUT2D eigenvalue weighted by Crippen LogP contribution is 2.31. The number of thiophene rings is 1. The van der Waals surface area contributed by atoms with Gasteiger partial charge in [-0.15, -0.1) is 11.3 Å². The number of anilines is 1. The number of halogens is 1. The van der Waals surface area contributed by atoms with Crippen molar-refractivity contribution in [1.82, 2.24) is 15.1 Å². The van der Waals surface area contributed by atoms with Gasteiger partial charge in [0.05, 0.1) is 17.8 Å². The summed E-state index contributed by atoms with van der Waals surface area (Å²) in [5, 5.41) is 28.7. The predicted octanol–water partition coefficient (Wildman–Crippen LogP) is 5.70. The Morgan fingerprint density at radius 1 is 1.35 bits per heavy atom. The second kappa shape index (κ2) is 13.3. The van der Waals surface area contributed by atoms with E-state index in [-0.39, 0.29) is 1.43 Å². The van der Waals surface area contributed by atoms with Crippen molar-refractivity contribution in [3.05, 3.63) is 52.3 Å². The lowest BCUT2D eigenvalue weighted by molar-refractivity contribution is 0.320. The van der Waals surface area contributed by atoms with E-state index in [1.165, 1.54) is 11.3 Å². The molecule has 0 aliphatic carbocycles. The van der Waals surface area contributed by atoms with Crippen LogP contribution in [0, 0.1) is 22.7 Å². The van der Waals surface area contributed by atoms with E-state index in [2.05, 4.69) is 27.5 Å². The minimum absolute atomic E-state index is 0. The van der Waals surface area contributed by atoms with Crippen LogP contribution in [0.3, 0.4) is 0 Å². The molecule has 3 rings (SSSR count). The number of hydrogen-bond acceptors (Lipinski definition) is 6. The summed E-state index contributed by atoms with van der Waals surface area (Å²) in [5.41, 5.74) is 3.73. The third kappa shape index (κ3) is 5.92. The second-order valence-corrected chi connectivity index (χ2v) is 8.14. The Morgan fingerprint density at radius 2 is 2.12 bits per heavy atom. The van der Waals surface area contributed by atoms with Crippen molar-refractivity contribution < 1.29 is 5.82 Å². The molecule has 0 fully saturated rings. The summed E-state index contributed by atoms with van der Waals surface area (Å²) in [5.74, 6) is 0.833. The van der Waals surface area contributed by atoms with Crippen LogP contribution < -0.4 is 10.2 Å². The van der Waals surface area contributed by atoms with Gasteiger partial charge in [0.1, 0.15) is 35.2 Å². The number of aliphatic imine (C=N–C) groups is 1. The maximum Gasteiger partial charge on any atom is 0.132 e. The van der Waals surface area contributed by atoms with E-state index < -0.39 is 12.7 Å². The van der Waals surface area contributed by atoms with Gasteiger partial charge in [-0.25, -0.2) is 4.39 Å².